The zero-order chi connectivity index (χ0) is 14.7. The molecule has 1 unspecified atom stereocenters. The van der Waals surface area contributed by atoms with Crippen LogP contribution in [0.2, 0.25) is 0 Å². The summed E-state index contributed by atoms with van der Waals surface area (Å²) < 4.78 is 0. The summed E-state index contributed by atoms with van der Waals surface area (Å²) >= 11 is 1.83. The molecule has 0 radical (unpaired) electrons. The Balaban J connectivity index is 3.66. The summed E-state index contributed by atoms with van der Waals surface area (Å²) in [5.74, 6) is -0.245. The smallest absolute Gasteiger partial charge is 0.314 e. The summed E-state index contributed by atoms with van der Waals surface area (Å²) in [4.78, 5) is 22.4. The van der Waals surface area contributed by atoms with Gasteiger partial charge in [0, 0.05) is 13.1 Å². The molecule has 0 aliphatic carbocycles. The third-order valence-corrected chi connectivity index (χ3v) is 3.61. The highest BCUT2D eigenvalue weighted by molar-refractivity contribution is 7.98. The van der Waals surface area contributed by atoms with Crippen molar-refractivity contribution in [1.29, 1.82) is 0 Å². The molecule has 0 fully saturated rings. The van der Waals surface area contributed by atoms with Gasteiger partial charge in [0.1, 0.15) is 0 Å². The Bertz CT molecular complexity index is 273. The molecular formula is C13H26N2O3S. The number of nitrogens with one attached hydrogen (secondary N) is 2. The van der Waals surface area contributed by atoms with Gasteiger partial charge >= 0.3 is 12.0 Å². The van der Waals surface area contributed by atoms with E-state index in [4.69, 9.17) is 5.11 Å². The fraction of sp³-hybridized carbons (Fsp3) is 0.846. The number of rotatable bonds is 10. The Labute approximate surface area is 119 Å². The van der Waals surface area contributed by atoms with E-state index < -0.39 is 11.9 Å². The maximum absolute atomic E-state index is 11.5. The molecule has 0 aromatic heterocycles. The van der Waals surface area contributed by atoms with Crippen molar-refractivity contribution in [2.75, 3.05) is 25.1 Å². The average Bonchev–Trinajstić information content (AvgIpc) is 2.33. The molecule has 0 heterocycles. The fourth-order valence-corrected chi connectivity index (χ4v) is 2.12. The Hall–Kier alpha value is -0.910. The topological polar surface area (TPSA) is 78.4 Å². The Morgan fingerprint density at radius 2 is 1.84 bits per heavy atom. The van der Waals surface area contributed by atoms with Crippen LogP contribution in [-0.2, 0) is 4.79 Å². The molecule has 0 aromatic rings. The predicted molar refractivity (Wildman–Crippen MR) is 79.6 cm³/mol. The second-order valence-electron chi connectivity index (χ2n) is 4.88. The number of carboxylic acid groups (broad SMARTS) is 1. The number of aliphatic carboxylic acids is 1. The zero-order valence-electron chi connectivity index (χ0n) is 12.1. The molecule has 0 aliphatic heterocycles. The van der Waals surface area contributed by atoms with Gasteiger partial charge in [0.25, 0.3) is 0 Å². The second kappa shape index (κ2) is 11.0. The van der Waals surface area contributed by atoms with Gasteiger partial charge in [-0.3, -0.25) is 4.79 Å². The quantitative estimate of drug-likeness (QED) is 0.539. The Kier molecular flexibility index (Phi) is 10.4. The largest absolute Gasteiger partial charge is 0.481 e. The van der Waals surface area contributed by atoms with Gasteiger partial charge in [0.2, 0.25) is 0 Å². The zero-order valence-corrected chi connectivity index (χ0v) is 12.9. The van der Waals surface area contributed by atoms with Gasteiger partial charge in [-0.25, -0.2) is 4.79 Å². The summed E-state index contributed by atoms with van der Waals surface area (Å²) in [7, 11) is 0. The van der Waals surface area contributed by atoms with E-state index in [0.717, 1.165) is 18.6 Å². The highest BCUT2D eigenvalue weighted by Gasteiger charge is 2.21. The third-order valence-electron chi connectivity index (χ3n) is 2.92. The highest BCUT2D eigenvalue weighted by atomic mass is 32.2. The summed E-state index contributed by atoms with van der Waals surface area (Å²) in [6, 6.07) is -0.281. The minimum atomic E-state index is -0.868. The van der Waals surface area contributed by atoms with Crippen molar-refractivity contribution in [3.63, 3.8) is 0 Å². The maximum atomic E-state index is 11.5. The van der Waals surface area contributed by atoms with Crippen molar-refractivity contribution in [3.8, 4) is 0 Å². The SMILES string of the molecule is CSCCCCCNC(=O)NCC(C(=O)O)C(C)C. The summed E-state index contributed by atoms with van der Waals surface area (Å²) in [5.41, 5.74) is 0. The number of thioether (sulfide) groups is 1. The molecule has 112 valence electrons. The van der Waals surface area contributed by atoms with E-state index in [0.29, 0.717) is 6.54 Å². The van der Waals surface area contributed by atoms with Gasteiger partial charge in [0.15, 0.2) is 0 Å². The summed E-state index contributed by atoms with van der Waals surface area (Å²) in [6.45, 7) is 4.49. The van der Waals surface area contributed by atoms with Gasteiger partial charge in [-0.2, -0.15) is 11.8 Å². The molecule has 3 N–H and O–H groups in total. The number of carbonyl (C=O) groups excluding carboxylic acids is 1. The van der Waals surface area contributed by atoms with Crippen LogP contribution in [0.4, 0.5) is 4.79 Å². The maximum Gasteiger partial charge on any atom is 0.314 e. The molecular weight excluding hydrogens is 264 g/mol. The molecule has 0 aromatic carbocycles. The van der Waals surface area contributed by atoms with E-state index in [1.807, 2.05) is 25.6 Å². The van der Waals surface area contributed by atoms with Crippen molar-refractivity contribution in [2.45, 2.75) is 33.1 Å². The van der Waals surface area contributed by atoms with Gasteiger partial charge in [0.05, 0.1) is 5.92 Å². The molecule has 1 atom stereocenters. The van der Waals surface area contributed by atoms with Gasteiger partial charge in [-0.05, 0) is 30.8 Å². The van der Waals surface area contributed by atoms with Crippen LogP contribution in [0.3, 0.4) is 0 Å². The lowest BCUT2D eigenvalue weighted by Gasteiger charge is -2.16. The van der Waals surface area contributed by atoms with Crippen LogP contribution in [0.1, 0.15) is 33.1 Å². The minimum absolute atomic E-state index is 0.00402. The van der Waals surface area contributed by atoms with Crippen molar-refractivity contribution in [3.05, 3.63) is 0 Å². The van der Waals surface area contributed by atoms with E-state index in [9.17, 15) is 9.59 Å². The van der Waals surface area contributed by atoms with Crippen LogP contribution >= 0.6 is 11.8 Å². The van der Waals surface area contributed by atoms with Crippen LogP contribution in [0.5, 0.6) is 0 Å². The van der Waals surface area contributed by atoms with Crippen molar-refractivity contribution in [2.24, 2.45) is 11.8 Å². The van der Waals surface area contributed by atoms with Gasteiger partial charge < -0.3 is 15.7 Å². The number of carbonyl (C=O) groups is 2. The van der Waals surface area contributed by atoms with Crippen LogP contribution in [-0.4, -0.2) is 42.2 Å². The average molecular weight is 290 g/mol. The Morgan fingerprint density at radius 1 is 1.16 bits per heavy atom. The van der Waals surface area contributed by atoms with Crippen molar-refractivity contribution >= 4 is 23.8 Å². The molecule has 0 saturated heterocycles. The fourth-order valence-electron chi connectivity index (χ4n) is 1.62. The Morgan fingerprint density at radius 3 is 2.37 bits per heavy atom. The molecule has 0 aliphatic rings. The number of carboxylic acids is 1. The molecule has 19 heavy (non-hydrogen) atoms. The lowest BCUT2D eigenvalue weighted by atomic mass is 9.96. The molecule has 2 amide bonds. The first kappa shape index (κ1) is 18.1. The number of hydrogen-bond donors (Lipinski definition) is 3. The number of urea groups is 1. The van der Waals surface area contributed by atoms with Crippen molar-refractivity contribution in [1.82, 2.24) is 10.6 Å². The van der Waals surface area contributed by atoms with E-state index in [1.165, 1.54) is 6.42 Å². The first-order valence-electron chi connectivity index (χ1n) is 6.72. The highest BCUT2D eigenvalue weighted by Crippen LogP contribution is 2.09. The van der Waals surface area contributed by atoms with E-state index in [1.54, 1.807) is 0 Å². The van der Waals surface area contributed by atoms with Crippen LogP contribution in [0.15, 0.2) is 0 Å². The number of hydrogen-bond acceptors (Lipinski definition) is 3. The normalized spacial score (nSPS) is 12.2. The molecule has 0 saturated carbocycles. The van der Waals surface area contributed by atoms with Gasteiger partial charge in [-0.1, -0.05) is 20.3 Å². The van der Waals surface area contributed by atoms with Crippen LogP contribution < -0.4 is 10.6 Å². The first-order chi connectivity index (χ1) is 8.99. The van der Waals surface area contributed by atoms with Crippen molar-refractivity contribution < 1.29 is 14.7 Å². The monoisotopic (exact) mass is 290 g/mol. The molecule has 0 rings (SSSR count). The van der Waals surface area contributed by atoms with E-state index in [-0.39, 0.29) is 18.5 Å². The van der Waals surface area contributed by atoms with Gasteiger partial charge in [-0.15, -0.1) is 0 Å². The van der Waals surface area contributed by atoms with E-state index >= 15 is 0 Å². The van der Waals surface area contributed by atoms with E-state index in [2.05, 4.69) is 16.9 Å². The third kappa shape index (κ3) is 9.64. The number of amides is 2. The van der Waals surface area contributed by atoms with Crippen LogP contribution in [0, 0.1) is 11.8 Å². The molecule has 0 bridgehead atoms. The standard InChI is InChI=1S/C13H26N2O3S/c1-10(2)11(12(16)17)9-15-13(18)14-7-5-4-6-8-19-3/h10-11H,4-9H2,1-3H3,(H,16,17)(H2,14,15,18). The van der Waals surface area contributed by atoms with Crippen LogP contribution in [0.25, 0.3) is 0 Å². The number of unbranched alkanes of at least 4 members (excludes halogenated alkanes) is 2. The first-order valence-corrected chi connectivity index (χ1v) is 8.11. The second-order valence-corrected chi connectivity index (χ2v) is 5.86. The molecule has 6 heteroatoms. The predicted octanol–water partition coefficient (Wildman–Crippen LogP) is 2.18. The summed E-state index contributed by atoms with van der Waals surface area (Å²) in [5, 5.41) is 14.3. The summed E-state index contributed by atoms with van der Waals surface area (Å²) in [6.07, 6.45) is 5.31. The minimum Gasteiger partial charge on any atom is -0.481 e. The lowest BCUT2D eigenvalue weighted by Crippen LogP contribution is -2.41. The lowest BCUT2D eigenvalue weighted by molar-refractivity contribution is -0.142. The molecule has 0 spiro atoms. The molecule has 5 nitrogen and oxygen atoms in total.